The van der Waals surface area contributed by atoms with Gasteiger partial charge in [0.2, 0.25) is 11.8 Å². The molecule has 0 aliphatic heterocycles. The summed E-state index contributed by atoms with van der Waals surface area (Å²) in [5.41, 5.74) is 4.26. The Labute approximate surface area is 160 Å². The quantitative estimate of drug-likeness (QED) is 0.740. The van der Waals surface area contributed by atoms with Gasteiger partial charge < -0.3 is 15.4 Å². The molecule has 0 heterocycles. The van der Waals surface area contributed by atoms with E-state index < -0.39 is 6.04 Å². The molecule has 5 heteroatoms. The second-order valence-corrected chi connectivity index (χ2v) is 6.48. The Kier molecular flexibility index (Phi) is 7.17. The summed E-state index contributed by atoms with van der Waals surface area (Å²) in [7, 11) is 1.60. The van der Waals surface area contributed by atoms with Crippen LogP contribution < -0.4 is 15.4 Å². The molecule has 5 nitrogen and oxygen atoms in total. The van der Waals surface area contributed by atoms with Crippen LogP contribution >= 0.6 is 0 Å². The molecule has 2 aromatic carbocycles. The number of carbonyl (C=O) groups is 2. The van der Waals surface area contributed by atoms with Gasteiger partial charge in [0.1, 0.15) is 11.8 Å². The lowest BCUT2D eigenvalue weighted by Gasteiger charge is -2.14. The molecule has 0 saturated heterocycles. The van der Waals surface area contributed by atoms with Crippen molar-refractivity contribution in [1.29, 1.82) is 0 Å². The van der Waals surface area contributed by atoms with Crippen molar-refractivity contribution >= 4 is 17.9 Å². The number of benzene rings is 2. The molecular formula is C22H26N2O3. The van der Waals surface area contributed by atoms with Crippen LogP contribution in [0.25, 0.3) is 6.08 Å². The summed E-state index contributed by atoms with van der Waals surface area (Å²) in [6.45, 7) is 6.15. The fraction of sp³-hybridized carbons (Fsp3) is 0.273. The SMILES string of the molecule is COc1ccc(/C=C/C(=O)NC(C)C(=O)NCc2ccc(C)cc2C)cc1. The van der Waals surface area contributed by atoms with Crippen LogP contribution in [0.4, 0.5) is 0 Å². The molecule has 0 aliphatic carbocycles. The molecule has 0 radical (unpaired) electrons. The third-order valence-electron chi connectivity index (χ3n) is 4.25. The number of aryl methyl sites for hydroxylation is 2. The first-order valence-corrected chi connectivity index (χ1v) is 8.85. The zero-order valence-corrected chi connectivity index (χ0v) is 16.2. The largest absolute Gasteiger partial charge is 0.497 e. The molecule has 0 spiro atoms. The maximum absolute atomic E-state index is 12.2. The van der Waals surface area contributed by atoms with Crippen LogP contribution in [-0.2, 0) is 16.1 Å². The topological polar surface area (TPSA) is 67.4 Å². The molecule has 1 unspecified atom stereocenters. The average molecular weight is 366 g/mol. The molecule has 0 aliphatic rings. The number of hydrogen-bond donors (Lipinski definition) is 2. The van der Waals surface area contributed by atoms with E-state index in [1.807, 2.05) is 50.2 Å². The second kappa shape index (κ2) is 9.57. The summed E-state index contributed by atoms with van der Waals surface area (Å²) in [6, 6.07) is 12.8. The molecule has 27 heavy (non-hydrogen) atoms. The van der Waals surface area contributed by atoms with E-state index in [-0.39, 0.29) is 11.8 Å². The minimum absolute atomic E-state index is 0.221. The van der Waals surface area contributed by atoms with E-state index in [1.165, 1.54) is 11.6 Å². The maximum atomic E-state index is 12.2. The highest BCUT2D eigenvalue weighted by Crippen LogP contribution is 2.12. The first kappa shape index (κ1) is 20.2. The van der Waals surface area contributed by atoms with E-state index in [2.05, 4.69) is 16.7 Å². The number of rotatable bonds is 7. The van der Waals surface area contributed by atoms with E-state index in [4.69, 9.17) is 4.74 Å². The minimum atomic E-state index is -0.622. The van der Waals surface area contributed by atoms with Crippen molar-refractivity contribution in [3.63, 3.8) is 0 Å². The lowest BCUT2D eigenvalue weighted by molar-refractivity contribution is -0.126. The van der Waals surface area contributed by atoms with Gasteiger partial charge in [0.05, 0.1) is 7.11 Å². The van der Waals surface area contributed by atoms with E-state index in [0.29, 0.717) is 6.54 Å². The highest BCUT2D eigenvalue weighted by atomic mass is 16.5. The Balaban J connectivity index is 1.83. The zero-order valence-electron chi connectivity index (χ0n) is 16.2. The van der Waals surface area contributed by atoms with Crippen molar-refractivity contribution in [3.05, 3.63) is 70.8 Å². The normalized spacial score (nSPS) is 11.9. The van der Waals surface area contributed by atoms with E-state index in [9.17, 15) is 9.59 Å². The Morgan fingerprint density at radius 1 is 1.11 bits per heavy atom. The van der Waals surface area contributed by atoms with Gasteiger partial charge in [0.25, 0.3) is 0 Å². The number of methoxy groups -OCH3 is 1. The summed E-state index contributed by atoms with van der Waals surface area (Å²) in [5.74, 6) is 0.215. The maximum Gasteiger partial charge on any atom is 0.244 e. The fourth-order valence-electron chi connectivity index (χ4n) is 2.59. The van der Waals surface area contributed by atoms with Gasteiger partial charge in [-0.25, -0.2) is 0 Å². The average Bonchev–Trinajstić information content (AvgIpc) is 2.65. The third-order valence-corrected chi connectivity index (χ3v) is 4.25. The summed E-state index contributed by atoms with van der Waals surface area (Å²) in [5, 5.41) is 5.53. The molecule has 0 bridgehead atoms. The first-order valence-electron chi connectivity index (χ1n) is 8.85. The summed E-state index contributed by atoms with van der Waals surface area (Å²) in [6.07, 6.45) is 3.10. The van der Waals surface area contributed by atoms with E-state index in [1.54, 1.807) is 20.1 Å². The highest BCUT2D eigenvalue weighted by molar-refractivity contribution is 5.95. The van der Waals surface area contributed by atoms with Crippen LogP contribution in [0.1, 0.15) is 29.2 Å². The van der Waals surface area contributed by atoms with Crippen molar-refractivity contribution in [2.45, 2.75) is 33.4 Å². The summed E-state index contributed by atoms with van der Waals surface area (Å²) >= 11 is 0. The Morgan fingerprint density at radius 3 is 2.44 bits per heavy atom. The Hall–Kier alpha value is -3.08. The van der Waals surface area contributed by atoms with Gasteiger partial charge >= 0.3 is 0 Å². The van der Waals surface area contributed by atoms with Crippen LogP contribution in [0.3, 0.4) is 0 Å². The molecular weight excluding hydrogens is 340 g/mol. The number of amides is 2. The van der Waals surface area contributed by atoms with Crippen LogP contribution in [0, 0.1) is 13.8 Å². The number of carbonyl (C=O) groups excluding carboxylic acids is 2. The lowest BCUT2D eigenvalue weighted by Crippen LogP contribution is -2.44. The molecule has 1 atom stereocenters. The summed E-state index contributed by atoms with van der Waals surface area (Å²) < 4.78 is 5.09. The van der Waals surface area contributed by atoms with Gasteiger partial charge in [-0.05, 0) is 55.7 Å². The lowest BCUT2D eigenvalue weighted by atomic mass is 10.1. The van der Waals surface area contributed by atoms with Crippen molar-refractivity contribution < 1.29 is 14.3 Å². The van der Waals surface area contributed by atoms with E-state index >= 15 is 0 Å². The van der Waals surface area contributed by atoms with Crippen molar-refractivity contribution in [2.24, 2.45) is 0 Å². The fourth-order valence-corrected chi connectivity index (χ4v) is 2.59. The Morgan fingerprint density at radius 2 is 1.81 bits per heavy atom. The predicted molar refractivity (Wildman–Crippen MR) is 107 cm³/mol. The molecule has 2 aromatic rings. The second-order valence-electron chi connectivity index (χ2n) is 6.48. The monoisotopic (exact) mass is 366 g/mol. The summed E-state index contributed by atoms with van der Waals surface area (Å²) in [4.78, 5) is 24.2. The van der Waals surface area contributed by atoms with Crippen LogP contribution in [0.2, 0.25) is 0 Å². The van der Waals surface area contributed by atoms with Crippen molar-refractivity contribution in [2.75, 3.05) is 7.11 Å². The van der Waals surface area contributed by atoms with Crippen LogP contribution in [-0.4, -0.2) is 25.0 Å². The van der Waals surface area contributed by atoms with Crippen LogP contribution in [0.5, 0.6) is 5.75 Å². The first-order chi connectivity index (χ1) is 12.9. The van der Waals surface area contributed by atoms with Gasteiger partial charge in [-0.15, -0.1) is 0 Å². The van der Waals surface area contributed by atoms with Gasteiger partial charge in [-0.1, -0.05) is 35.9 Å². The molecule has 2 N–H and O–H groups in total. The molecule has 2 rings (SSSR count). The smallest absolute Gasteiger partial charge is 0.244 e. The highest BCUT2D eigenvalue weighted by Gasteiger charge is 2.14. The molecule has 0 saturated carbocycles. The zero-order chi connectivity index (χ0) is 19.8. The van der Waals surface area contributed by atoms with Gasteiger partial charge in [-0.3, -0.25) is 9.59 Å². The standard InChI is InChI=1S/C22H26N2O3/c1-15-5-9-19(16(2)13-15)14-23-22(26)17(3)24-21(25)12-8-18-6-10-20(27-4)11-7-18/h5-13,17H,14H2,1-4H3,(H,23,26)(H,24,25)/b12-8+. The van der Waals surface area contributed by atoms with Crippen LogP contribution in [0.15, 0.2) is 48.5 Å². The molecule has 2 amide bonds. The van der Waals surface area contributed by atoms with Crippen molar-refractivity contribution in [3.8, 4) is 5.75 Å². The molecule has 142 valence electrons. The third kappa shape index (κ3) is 6.29. The van der Waals surface area contributed by atoms with Gasteiger partial charge in [0, 0.05) is 12.6 Å². The van der Waals surface area contributed by atoms with E-state index in [0.717, 1.165) is 22.4 Å². The Bertz CT molecular complexity index is 826. The van der Waals surface area contributed by atoms with Gasteiger partial charge in [-0.2, -0.15) is 0 Å². The predicted octanol–water partition coefficient (Wildman–Crippen LogP) is 3.15. The number of ether oxygens (including phenoxy) is 1. The molecule has 0 fully saturated rings. The van der Waals surface area contributed by atoms with Gasteiger partial charge in [0.15, 0.2) is 0 Å². The minimum Gasteiger partial charge on any atom is -0.497 e. The number of nitrogens with one attached hydrogen (secondary N) is 2. The number of hydrogen-bond acceptors (Lipinski definition) is 3. The van der Waals surface area contributed by atoms with Crippen molar-refractivity contribution in [1.82, 2.24) is 10.6 Å². The molecule has 0 aromatic heterocycles.